The second kappa shape index (κ2) is 18.7. The highest BCUT2D eigenvalue weighted by Gasteiger charge is 2.08. The van der Waals surface area contributed by atoms with Gasteiger partial charge in [-0.15, -0.1) is 0 Å². The lowest BCUT2D eigenvalue weighted by Gasteiger charge is -2.05. The first-order chi connectivity index (χ1) is 18.5. The molecule has 0 saturated heterocycles. The van der Waals surface area contributed by atoms with Crippen molar-refractivity contribution >= 4 is 24.0 Å². The summed E-state index contributed by atoms with van der Waals surface area (Å²) in [6.45, 7) is 4.04. The van der Waals surface area contributed by atoms with Crippen molar-refractivity contribution < 1.29 is 19.1 Å². The van der Waals surface area contributed by atoms with Crippen molar-refractivity contribution in [3.8, 4) is 5.75 Å². The maximum absolute atomic E-state index is 12.2. The van der Waals surface area contributed by atoms with Crippen LogP contribution in [0.5, 0.6) is 5.75 Å². The summed E-state index contributed by atoms with van der Waals surface area (Å²) in [4.78, 5) is 36.1. The van der Waals surface area contributed by atoms with Gasteiger partial charge >= 0.3 is 5.97 Å². The molecule has 0 heterocycles. The summed E-state index contributed by atoms with van der Waals surface area (Å²) < 4.78 is 5.39. The molecule has 2 N–H and O–H groups in total. The van der Waals surface area contributed by atoms with Crippen LogP contribution in [0, 0.1) is 6.92 Å². The highest BCUT2D eigenvalue weighted by Crippen LogP contribution is 2.15. The number of amides is 2. The number of unbranched alkanes of at least 4 members (excludes halogenated alkanes) is 10. The molecule has 0 unspecified atom stereocenters. The van der Waals surface area contributed by atoms with Gasteiger partial charge in [0.25, 0.3) is 5.91 Å². The van der Waals surface area contributed by atoms with Gasteiger partial charge in [-0.2, -0.15) is 5.10 Å². The fourth-order valence-corrected chi connectivity index (χ4v) is 4.00. The molecule has 0 aromatic heterocycles. The van der Waals surface area contributed by atoms with E-state index in [1.54, 1.807) is 36.4 Å². The van der Waals surface area contributed by atoms with Crippen LogP contribution >= 0.6 is 0 Å². The Morgan fingerprint density at radius 3 is 2.08 bits per heavy atom. The molecule has 2 rings (SSSR count). The van der Waals surface area contributed by atoms with Gasteiger partial charge in [-0.05, 0) is 55.3 Å². The van der Waals surface area contributed by atoms with Crippen molar-refractivity contribution in [3.05, 3.63) is 65.2 Å². The van der Waals surface area contributed by atoms with E-state index in [1.807, 2.05) is 19.1 Å². The van der Waals surface area contributed by atoms with E-state index in [0.717, 1.165) is 30.4 Å². The molecular weight excluding hydrogens is 478 g/mol. The molecule has 0 atom stereocenters. The van der Waals surface area contributed by atoms with Gasteiger partial charge in [0.1, 0.15) is 5.75 Å². The molecule has 38 heavy (non-hydrogen) atoms. The quantitative estimate of drug-likeness (QED) is 0.0771. The predicted octanol–water partition coefficient (Wildman–Crippen LogP) is 6.48. The summed E-state index contributed by atoms with van der Waals surface area (Å²) in [5.74, 6) is -0.515. The third kappa shape index (κ3) is 13.7. The van der Waals surface area contributed by atoms with Crippen molar-refractivity contribution in [2.24, 2.45) is 5.10 Å². The van der Waals surface area contributed by atoms with E-state index in [9.17, 15) is 14.4 Å². The first-order valence-corrected chi connectivity index (χ1v) is 14.0. The van der Waals surface area contributed by atoms with Crippen LogP contribution in [-0.2, 0) is 9.59 Å². The first-order valence-electron chi connectivity index (χ1n) is 14.0. The summed E-state index contributed by atoms with van der Waals surface area (Å²) in [5.41, 5.74) is 4.60. The van der Waals surface area contributed by atoms with Crippen LogP contribution in [0.2, 0.25) is 0 Å². The minimum atomic E-state index is -0.423. The van der Waals surface area contributed by atoms with Gasteiger partial charge in [-0.1, -0.05) is 88.8 Å². The Morgan fingerprint density at radius 1 is 0.816 bits per heavy atom. The van der Waals surface area contributed by atoms with E-state index in [2.05, 4.69) is 22.8 Å². The molecule has 0 bridgehead atoms. The largest absolute Gasteiger partial charge is 0.423 e. The summed E-state index contributed by atoms with van der Waals surface area (Å²) in [6.07, 6.45) is 15.5. The smallest absolute Gasteiger partial charge is 0.343 e. The van der Waals surface area contributed by atoms with Gasteiger partial charge in [-0.3, -0.25) is 9.59 Å². The van der Waals surface area contributed by atoms with Crippen LogP contribution < -0.4 is 15.5 Å². The normalized spacial score (nSPS) is 10.9. The topological polar surface area (TPSA) is 96.9 Å². The number of aryl methyl sites for hydroxylation is 1. The van der Waals surface area contributed by atoms with E-state index in [1.165, 1.54) is 57.6 Å². The summed E-state index contributed by atoms with van der Waals surface area (Å²) >= 11 is 0. The Morgan fingerprint density at radius 2 is 1.45 bits per heavy atom. The van der Waals surface area contributed by atoms with Crippen molar-refractivity contribution in [2.75, 3.05) is 6.54 Å². The number of carbonyl (C=O) groups excluding carboxylic acids is 3. The minimum Gasteiger partial charge on any atom is -0.423 e. The highest BCUT2D eigenvalue weighted by atomic mass is 16.5. The molecule has 0 spiro atoms. The molecule has 0 fully saturated rings. The maximum Gasteiger partial charge on any atom is 0.343 e. The summed E-state index contributed by atoms with van der Waals surface area (Å²) in [6, 6.07) is 14.0. The number of hydrogen-bond donors (Lipinski definition) is 2. The number of nitrogens with zero attached hydrogens (tertiary/aromatic N) is 1. The van der Waals surface area contributed by atoms with Crippen LogP contribution in [0.15, 0.2) is 53.6 Å². The fourth-order valence-electron chi connectivity index (χ4n) is 4.00. The molecule has 0 aliphatic carbocycles. The second-order valence-corrected chi connectivity index (χ2v) is 9.68. The number of ether oxygens (including phenoxy) is 1. The lowest BCUT2D eigenvalue weighted by Crippen LogP contribution is -2.34. The number of hydrogen-bond acceptors (Lipinski definition) is 5. The van der Waals surface area contributed by atoms with Gasteiger partial charge < -0.3 is 10.1 Å². The van der Waals surface area contributed by atoms with E-state index in [-0.39, 0.29) is 12.5 Å². The number of hydrazone groups is 1. The Kier molecular flexibility index (Phi) is 15.1. The maximum atomic E-state index is 12.2. The fraction of sp³-hybridized carbons (Fsp3) is 0.484. The number of rotatable bonds is 18. The molecule has 206 valence electrons. The average Bonchev–Trinajstić information content (AvgIpc) is 2.91. The molecule has 0 saturated carbocycles. The van der Waals surface area contributed by atoms with Crippen LogP contribution in [0.4, 0.5) is 0 Å². The molecule has 0 aliphatic heterocycles. The van der Waals surface area contributed by atoms with Gasteiger partial charge in [-0.25, -0.2) is 10.2 Å². The zero-order valence-electron chi connectivity index (χ0n) is 23.0. The minimum absolute atomic E-state index is 0.109. The lowest BCUT2D eigenvalue weighted by atomic mass is 10.1. The highest BCUT2D eigenvalue weighted by molar-refractivity contribution is 5.91. The van der Waals surface area contributed by atoms with Crippen molar-refractivity contribution in [3.63, 3.8) is 0 Å². The first kappa shape index (κ1) is 30.7. The zero-order valence-corrected chi connectivity index (χ0v) is 23.0. The van der Waals surface area contributed by atoms with Crippen LogP contribution in [0.3, 0.4) is 0 Å². The summed E-state index contributed by atoms with van der Waals surface area (Å²) in [7, 11) is 0. The predicted molar refractivity (Wildman–Crippen MR) is 152 cm³/mol. The third-order valence-electron chi connectivity index (χ3n) is 6.20. The second-order valence-electron chi connectivity index (χ2n) is 9.68. The number of benzene rings is 2. The Bertz CT molecular complexity index is 1020. The molecule has 2 aromatic carbocycles. The zero-order chi connectivity index (χ0) is 27.4. The lowest BCUT2D eigenvalue weighted by molar-refractivity contribution is -0.126. The monoisotopic (exact) mass is 521 g/mol. The van der Waals surface area contributed by atoms with Gasteiger partial charge in [0.05, 0.1) is 18.3 Å². The standard InChI is InChI=1S/C31H43N3O4/c1-3-4-5-6-7-8-9-10-11-12-13-17-29(35)32-24-30(36)34-33-23-26-18-20-28(21-19-26)38-31(37)27-16-14-15-25(2)22-27/h14-16,18-23H,3-13,17,24H2,1-2H3,(H,32,35)(H,34,36)/b33-23+. The number of nitrogens with one attached hydrogen (secondary N) is 2. The summed E-state index contributed by atoms with van der Waals surface area (Å²) in [5, 5.41) is 6.55. The number of esters is 1. The van der Waals surface area contributed by atoms with E-state index in [0.29, 0.717) is 17.7 Å². The van der Waals surface area contributed by atoms with Crippen molar-refractivity contribution in [2.45, 2.75) is 90.9 Å². The molecule has 2 amide bonds. The van der Waals surface area contributed by atoms with Crippen molar-refractivity contribution in [1.29, 1.82) is 0 Å². The molecule has 7 heteroatoms. The SMILES string of the molecule is CCCCCCCCCCCCCC(=O)NCC(=O)N/N=C/c1ccc(OC(=O)c2cccc(C)c2)cc1. The van der Waals surface area contributed by atoms with Crippen LogP contribution in [0.1, 0.15) is 105 Å². The van der Waals surface area contributed by atoms with Gasteiger partial charge in [0.2, 0.25) is 5.91 Å². The molecule has 0 radical (unpaired) electrons. The molecular formula is C31H43N3O4. The Labute approximate surface area is 227 Å². The van der Waals surface area contributed by atoms with Crippen LogP contribution in [0.25, 0.3) is 0 Å². The van der Waals surface area contributed by atoms with Gasteiger partial charge in [0, 0.05) is 6.42 Å². The van der Waals surface area contributed by atoms with Crippen molar-refractivity contribution in [1.82, 2.24) is 10.7 Å². The molecule has 0 aliphatic rings. The average molecular weight is 522 g/mol. The van der Waals surface area contributed by atoms with E-state index in [4.69, 9.17) is 4.74 Å². The van der Waals surface area contributed by atoms with Gasteiger partial charge in [0.15, 0.2) is 0 Å². The van der Waals surface area contributed by atoms with Crippen LogP contribution in [-0.4, -0.2) is 30.5 Å². The molecule has 2 aromatic rings. The number of carbonyl (C=O) groups is 3. The Balaban J connectivity index is 1.53. The van der Waals surface area contributed by atoms with E-state index < -0.39 is 11.9 Å². The van der Waals surface area contributed by atoms with E-state index >= 15 is 0 Å². The Hall–Kier alpha value is -3.48. The third-order valence-corrected chi connectivity index (χ3v) is 6.20. The molecule has 7 nitrogen and oxygen atoms in total.